The van der Waals surface area contributed by atoms with Gasteiger partial charge < -0.3 is 9.32 Å². The van der Waals surface area contributed by atoms with Gasteiger partial charge in [0.15, 0.2) is 7.28 Å². The molecule has 70 heavy (non-hydrogen) atoms. The third kappa shape index (κ3) is 8.23. The molecule has 359 valence electrons. The zero-order valence-electron chi connectivity index (χ0n) is 44.2. The summed E-state index contributed by atoms with van der Waals surface area (Å²) >= 11 is 2.58. The van der Waals surface area contributed by atoms with Crippen LogP contribution in [0.4, 0.5) is 17.1 Å². The van der Waals surface area contributed by atoms with E-state index in [0.717, 1.165) is 36.5 Å². The molecule has 4 unspecified atom stereocenters. The molecule has 3 aliphatic carbocycles. The van der Waals surface area contributed by atoms with Crippen LogP contribution in [-0.2, 0) is 44.3 Å². The third-order valence-corrected chi connectivity index (χ3v) is 18.7. The van der Waals surface area contributed by atoms with Crippen molar-refractivity contribution in [2.24, 2.45) is 5.92 Å². The van der Waals surface area contributed by atoms with E-state index >= 15 is 0 Å². The van der Waals surface area contributed by atoms with Crippen LogP contribution >= 0.6 is 22.6 Å². The number of fused-ring (bicyclic) bond motifs is 11. The maximum Gasteiger partial charge on any atom is 0.199 e. The smallest absolute Gasteiger partial charge is 0.199 e. The van der Waals surface area contributed by atoms with E-state index in [2.05, 4.69) is 233 Å². The summed E-state index contributed by atoms with van der Waals surface area (Å²) in [6, 6.07) is 45.5. The predicted octanol–water partition coefficient (Wildman–Crippen LogP) is 17.2. The van der Waals surface area contributed by atoms with Gasteiger partial charge in [0.2, 0.25) is 0 Å². The fraction of sp³-hybridized carbons (Fsp3) is 0.424. The van der Waals surface area contributed by atoms with Crippen LogP contribution in [0.5, 0.6) is 0 Å². The lowest BCUT2D eigenvalue weighted by Gasteiger charge is -2.42. The van der Waals surface area contributed by atoms with Gasteiger partial charge in [-0.3, -0.25) is 0 Å². The lowest BCUT2D eigenvalue weighted by molar-refractivity contribution is 0.331. The van der Waals surface area contributed by atoms with Crippen molar-refractivity contribution in [1.82, 2.24) is 0 Å². The Kier molecular flexibility index (Phi) is 11.6. The maximum absolute atomic E-state index is 7.66. The van der Waals surface area contributed by atoms with E-state index in [1.165, 1.54) is 121 Å². The van der Waals surface area contributed by atoms with E-state index < -0.39 is 0 Å². The molecule has 7 aromatic rings. The van der Waals surface area contributed by atoms with Crippen molar-refractivity contribution in [2.75, 3.05) is 4.90 Å². The first-order valence-corrected chi connectivity index (χ1v) is 27.7. The molecule has 1 radical (unpaired) electrons. The summed E-state index contributed by atoms with van der Waals surface area (Å²) in [5.74, 6) is 2.47. The summed E-state index contributed by atoms with van der Waals surface area (Å²) in [6.45, 7) is 28.9. The van der Waals surface area contributed by atoms with Crippen LogP contribution in [0.25, 0.3) is 22.1 Å². The average Bonchev–Trinajstić information content (AvgIpc) is 3.87. The quantitative estimate of drug-likeness (QED) is 0.0938. The fourth-order valence-corrected chi connectivity index (χ4v) is 13.9. The molecule has 1 aliphatic heterocycles. The number of furan rings is 1. The molecule has 4 aliphatic rings. The van der Waals surface area contributed by atoms with E-state index in [1.54, 1.807) is 5.56 Å². The fourth-order valence-electron chi connectivity index (χ4n) is 13.5. The van der Waals surface area contributed by atoms with Gasteiger partial charge in [-0.2, -0.15) is 0 Å². The van der Waals surface area contributed by atoms with Crippen molar-refractivity contribution >= 4 is 68.8 Å². The molecule has 0 amide bonds. The number of halogens is 1. The number of benzene rings is 6. The van der Waals surface area contributed by atoms with Crippen LogP contribution in [0.15, 0.2) is 120 Å². The Bertz CT molecular complexity index is 3160. The Hall–Kier alpha value is -4.55. The summed E-state index contributed by atoms with van der Waals surface area (Å²) in [5, 5.41) is 1.27. The largest absolute Gasteiger partial charge is 0.461 e. The SMILES string of the molecule is CCc1c2cc(-c3ccccc3)cc1N(c1ccc(C(C)(C)I)cc1)c1ccc(C(C)(C)C)cc1[B]c1c(oc3cc4c(cc13)C1(C)CCC(C1)C4C)C(Cc1ccc3c(c1)C(C)(C)CCC3(C)C)C2. The normalized spacial score (nSPS) is 22.4. The van der Waals surface area contributed by atoms with E-state index in [4.69, 9.17) is 4.42 Å². The van der Waals surface area contributed by atoms with Crippen LogP contribution in [0.1, 0.15) is 183 Å². The van der Waals surface area contributed by atoms with Crippen molar-refractivity contribution in [3.8, 4) is 11.1 Å². The van der Waals surface area contributed by atoms with Crippen LogP contribution < -0.4 is 15.8 Å². The number of hydrogen-bond acceptors (Lipinski definition) is 2. The molecular weight excluding hydrogens is 960 g/mol. The molecule has 2 nitrogen and oxygen atoms in total. The standard InChI is InChI=1S/C66H74BINO/c1-13-50-45-33-44(42-17-15-14-16-18-42)35-58(50)69(49-23-20-47(21-24-49)65(10,11)68)57-26-22-48(62(3,4)5)36-56(57)67-60-52-37-54-51(40(2)43-27-28-66(54,12)39-43)38-59(52)70-61(60)46(34-45)31-41-19-25-53-55(32-41)64(8,9)30-29-63(53,6)7/h14-26,32-33,35-38,40,43,46H,13,27-31,34,39H2,1-12H3. The zero-order valence-corrected chi connectivity index (χ0v) is 46.3. The van der Waals surface area contributed by atoms with Gasteiger partial charge in [0.05, 0.1) is 5.69 Å². The highest BCUT2D eigenvalue weighted by atomic mass is 127. The van der Waals surface area contributed by atoms with Gasteiger partial charge in [-0.15, -0.1) is 0 Å². The van der Waals surface area contributed by atoms with Crippen LogP contribution in [0, 0.1) is 5.92 Å². The highest BCUT2D eigenvalue weighted by Gasteiger charge is 2.46. The Balaban J connectivity index is 1.22. The summed E-state index contributed by atoms with van der Waals surface area (Å²) in [5.41, 5.74) is 23.0. The van der Waals surface area contributed by atoms with Gasteiger partial charge in [-0.25, -0.2) is 0 Å². The molecule has 4 atom stereocenters. The minimum atomic E-state index is -0.0518. The molecule has 11 rings (SSSR count). The van der Waals surface area contributed by atoms with Crippen molar-refractivity contribution < 1.29 is 4.42 Å². The minimum Gasteiger partial charge on any atom is -0.461 e. The summed E-state index contributed by atoms with van der Waals surface area (Å²) < 4.78 is 7.66. The topological polar surface area (TPSA) is 16.4 Å². The summed E-state index contributed by atoms with van der Waals surface area (Å²) in [7, 11) is 2.56. The predicted molar refractivity (Wildman–Crippen MR) is 308 cm³/mol. The van der Waals surface area contributed by atoms with Gasteiger partial charge >= 0.3 is 0 Å². The van der Waals surface area contributed by atoms with E-state index in [-0.39, 0.29) is 31.0 Å². The molecule has 0 N–H and O–H groups in total. The second kappa shape index (κ2) is 17.0. The molecular formula is C66H74BINO. The molecule has 4 bridgehead atoms. The van der Waals surface area contributed by atoms with Gasteiger partial charge in [0.25, 0.3) is 0 Å². The molecule has 2 heterocycles. The van der Waals surface area contributed by atoms with Crippen molar-refractivity contribution in [3.05, 3.63) is 171 Å². The number of anilines is 3. The Labute approximate surface area is 434 Å². The summed E-state index contributed by atoms with van der Waals surface area (Å²) in [6.07, 6.45) is 8.92. The maximum atomic E-state index is 7.66. The average molecular weight is 1040 g/mol. The Morgan fingerprint density at radius 3 is 2.13 bits per heavy atom. The van der Waals surface area contributed by atoms with Crippen LogP contribution in [-0.4, -0.2) is 7.28 Å². The van der Waals surface area contributed by atoms with E-state index in [9.17, 15) is 0 Å². The third-order valence-electron chi connectivity index (χ3n) is 18.1. The Morgan fingerprint density at radius 2 is 1.43 bits per heavy atom. The lowest BCUT2D eigenvalue weighted by Crippen LogP contribution is -2.35. The number of rotatable bonds is 6. The highest BCUT2D eigenvalue weighted by molar-refractivity contribution is 14.1. The molecule has 0 spiro atoms. The monoisotopic (exact) mass is 1030 g/mol. The number of nitrogens with zero attached hydrogens (tertiary/aromatic N) is 1. The molecule has 0 saturated heterocycles. The van der Waals surface area contributed by atoms with Gasteiger partial charge in [-0.1, -0.05) is 176 Å². The molecule has 1 fully saturated rings. The minimum absolute atomic E-state index is 0.00731. The van der Waals surface area contributed by atoms with Crippen molar-refractivity contribution in [1.29, 1.82) is 0 Å². The van der Waals surface area contributed by atoms with Crippen LogP contribution in [0.2, 0.25) is 0 Å². The van der Waals surface area contributed by atoms with Gasteiger partial charge in [0.1, 0.15) is 11.3 Å². The van der Waals surface area contributed by atoms with Crippen molar-refractivity contribution in [2.45, 2.75) is 171 Å². The number of alkyl halides is 1. The first-order chi connectivity index (χ1) is 33.1. The second-order valence-electron chi connectivity index (χ2n) is 25.3. The van der Waals surface area contributed by atoms with Gasteiger partial charge in [0, 0.05) is 26.1 Å². The molecule has 1 saturated carbocycles. The van der Waals surface area contributed by atoms with E-state index in [1.807, 2.05) is 0 Å². The molecule has 6 aromatic carbocycles. The summed E-state index contributed by atoms with van der Waals surface area (Å²) in [4.78, 5) is 2.61. The highest BCUT2D eigenvalue weighted by Crippen LogP contribution is 2.56. The lowest BCUT2D eigenvalue weighted by atomic mass is 9.59. The van der Waals surface area contributed by atoms with Gasteiger partial charge in [-0.05, 0) is 202 Å². The first kappa shape index (κ1) is 47.8. The molecule has 4 heteroatoms. The number of hydrogen-bond donors (Lipinski definition) is 0. The Morgan fingerprint density at radius 1 is 0.714 bits per heavy atom. The zero-order chi connectivity index (χ0) is 49.3. The molecule has 1 aromatic heterocycles. The van der Waals surface area contributed by atoms with Crippen molar-refractivity contribution in [3.63, 3.8) is 0 Å². The second-order valence-corrected chi connectivity index (χ2v) is 28.0. The first-order valence-electron chi connectivity index (χ1n) is 26.7. The van der Waals surface area contributed by atoms with Crippen LogP contribution in [0.3, 0.4) is 0 Å². The van der Waals surface area contributed by atoms with E-state index in [0.29, 0.717) is 5.92 Å².